The largest absolute Gasteiger partial charge is 0.454 e. The predicted molar refractivity (Wildman–Crippen MR) is 96.7 cm³/mol. The summed E-state index contributed by atoms with van der Waals surface area (Å²) in [6, 6.07) is 7.34. The molecule has 2 aliphatic rings. The Kier molecular flexibility index (Phi) is 5.55. The molecule has 0 spiro atoms. The number of nitrogens with zero attached hydrogens (tertiary/aromatic N) is 2. The highest BCUT2D eigenvalue weighted by Crippen LogP contribution is 2.36. The number of ether oxygens (including phenoxy) is 3. The first-order valence-electron chi connectivity index (χ1n) is 9.20. The van der Waals surface area contributed by atoms with Crippen LogP contribution in [0.4, 0.5) is 0 Å². The molecule has 4 rings (SSSR count). The highest BCUT2D eigenvalue weighted by molar-refractivity contribution is 5.78. The molecule has 144 valence electrons. The Balaban J connectivity index is 1.23. The van der Waals surface area contributed by atoms with Gasteiger partial charge in [-0.15, -0.1) is 0 Å². The highest BCUT2D eigenvalue weighted by atomic mass is 16.7. The van der Waals surface area contributed by atoms with Gasteiger partial charge in [0.15, 0.2) is 17.3 Å². The van der Waals surface area contributed by atoms with Crippen LogP contribution in [0.2, 0.25) is 0 Å². The number of carbonyl (C=O) groups is 1. The van der Waals surface area contributed by atoms with E-state index in [1.165, 1.54) is 0 Å². The van der Waals surface area contributed by atoms with Crippen LogP contribution in [0, 0.1) is 0 Å². The van der Waals surface area contributed by atoms with Gasteiger partial charge < -0.3 is 24.1 Å². The van der Waals surface area contributed by atoms with E-state index >= 15 is 0 Å². The smallest absolute Gasteiger partial charge is 0.231 e. The number of rotatable bonds is 7. The van der Waals surface area contributed by atoms with E-state index in [4.69, 9.17) is 18.7 Å². The summed E-state index contributed by atoms with van der Waals surface area (Å²) in [6.45, 7) is 5.39. The van der Waals surface area contributed by atoms with Crippen molar-refractivity contribution in [2.45, 2.75) is 12.8 Å². The monoisotopic (exact) mass is 373 g/mol. The van der Waals surface area contributed by atoms with E-state index in [1.807, 2.05) is 18.2 Å². The third-order valence-corrected chi connectivity index (χ3v) is 4.63. The molecule has 1 amide bonds. The molecule has 1 N–H and O–H groups in total. The molecule has 1 aromatic heterocycles. The van der Waals surface area contributed by atoms with Crippen molar-refractivity contribution in [2.75, 3.05) is 46.2 Å². The molecule has 0 aliphatic carbocycles. The average molecular weight is 373 g/mol. The van der Waals surface area contributed by atoms with E-state index in [-0.39, 0.29) is 19.1 Å². The molecule has 3 heterocycles. The lowest BCUT2D eigenvalue weighted by Crippen LogP contribution is -2.38. The maximum absolute atomic E-state index is 12.1. The van der Waals surface area contributed by atoms with Crippen LogP contribution in [-0.4, -0.2) is 62.1 Å². The van der Waals surface area contributed by atoms with Gasteiger partial charge in [0.05, 0.1) is 25.3 Å². The minimum atomic E-state index is -0.0532. The number of aromatic nitrogens is 1. The van der Waals surface area contributed by atoms with E-state index in [2.05, 4.69) is 15.4 Å². The molecule has 0 saturated carbocycles. The van der Waals surface area contributed by atoms with Crippen LogP contribution in [0.15, 0.2) is 28.8 Å². The molecular weight excluding hydrogens is 350 g/mol. The zero-order valence-electron chi connectivity index (χ0n) is 15.1. The number of benzene rings is 1. The SMILES string of the molecule is O=C(Cc1cc(-c2ccc3c(c2)OCO3)on1)NCCCN1CCOCC1. The van der Waals surface area contributed by atoms with Gasteiger partial charge in [-0.25, -0.2) is 0 Å². The number of carbonyl (C=O) groups excluding carboxylic acids is 1. The second-order valence-electron chi connectivity index (χ2n) is 6.58. The van der Waals surface area contributed by atoms with Crippen molar-refractivity contribution in [3.63, 3.8) is 0 Å². The van der Waals surface area contributed by atoms with Gasteiger partial charge in [-0.2, -0.15) is 0 Å². The molecular formula is C19H23N3O5. The summed E-state index contributed by atoms with van der Waals surface area (Å²) < 4.78 is 21.4. The molecule has 0 bridgehead atoms. The van der Waals surface area contributed by atoms with Crippen molar-refractivity contribution in [3.05, 3.63) is 30.0 Å². The van der Waals surface area contributed by atoms with Gasteiger partial charge in [0.2, 0.25) is 12.7 Å². The molecule has 0 unspecified atom stereocenters. The summed E-state index contributed by atoms with van der Waals surface area (Å²) in [5, 5.41) is 6.94. The van der Waals surface area contributed by atoms with Gasteiger partial charge >= 0.3 is 0 Å². The third-order valence-electron chi connectivity index (χ3n) is 4.63. The van der Waals surface area contributed by atoms with Crippen molar-refractivity contribution in [1.29, 1.82) is 0 Å². The molecule has 0 atom stereocenters. The molecule has 1 saturated heterocycles. The van der Waals surface area contributed by atoms with Crippen LogP contribution < -0.4 is 14.8 Å². The topological polar surface area (TPSA) is 86.1 Å². The summed E-state index contributed by atoms with van der Waals surface area (Å²) in [6.07, 6.45) is 1.12. The highest BCUT2D eigenvalue weighted by Gasteiger charge is 2.17. The van der Waals surface area contributed by atoms with Crippen LogP contribution in [0.1, 0.15) is 12.1 Å². The standard InChI is InChI=1S/C19H23N3O5/c23-19(20-4-1-5-22-6-8-24-9-7-22)12-15-11-17(27-21-15)14-2-3-16-18(10-14)26-13-25-16/h2-3,10-11H,1,4-9,12-13H2,(H,20,23). The molecule has 1 aromatic carbocycles. The zero-order chi connectivity index (χ0) is 18.5. The Bertz CT molecular complexity index is 785. The van der Waals surface area contributed by atoms with Crippen LogP contribution >= 0.6 is 0 Å². The summed E-state index contributed by atoms with van der Waals surface area (Å²) in [7, 11) is 0. The molecule has 8 heteroatoms. The molecule has 1 fully saturated rings. The van der Waals surface area contributed by atoms with Gasteiger partial charge in [-0.1, -0.05) is 5.16 Å². The Morgan fingerprint density at radius 2 is 2.00 bits per heavy atom. The number of nitrogens with one attached hydrogen (secondary N) is 1. The predicted octanol–water partition coefficient (Wildman–Crippen LogP) is 1.45. The Hall–Kier alpha value is -2.58. The van der Waals surface area contributed by atoms with Crippen LogP contribution in [0.25, 0.3) is 11.3 Å². The first kappa shape index (κ1) is 17.8. The van der Waals surface area contributed by atoms with Crippen LogP contribution in [-0.2, 0) is 16.0 Å². The van der Waals surface area contributed by atoms with Gasteiger partial charge in [0.1, 0.15) is 0 Å². The van der Waals surface area contributed by atoms with E-state index in [9.17, 15) is 4.79 Å². The van der Waals surface area contributed by atoms with E-state index in [0.29, 0.717) is 23.7 Å². The van der Waals surface area contributed by atoms with Gasteiger partial charge in [-0.3, -0.25) is 9.69 Å². The minimum Gasteiger partial charge on any atom is -0.454 e. The van der Waals surface area contributed by atoms with Crippen LogP contribution in [0.3, 0.4) is 0 Å². The lowest BCUT2D eigenvalue weighted by molar-refractivity contribution is -0.120. The van der Waals surface area contributed by atoms with Crippen molar-refractivity contribution in [1.82, 2.24) is 15.4 Å². The van der Waals surface area contributed by atoms with Crippen LogP contribution in [0.5, 0.6) is 11.5 Å². The number of hydrogen-bond acceptors (Lipinski definition) is 7. The van der Waals surface area contributed by atoms with E-state index in [0.717, 1.165) is 50.6 Å². The Morgan fingerprint density at radius 3 is 2.89 bits per heavy atom. The van der Waals surface area contributed by atoms with E-state index in [1.54, 1.807) is 6.07 Å². The third kappa shape index (κ3) is 4.58. The molecule has 0 radical (unpaired) electrons. The van der Waals surface area contributed by atoms with Gasteiger partial charge in [0.25, 0.3) is 0 Å². The summed E-state index contributed by atoms with van der Waals surface area (Å²) in [5.74, 6) is 1.95. The van der Waals surface area contributed by atoms with Gasteiger partial charge in [0, 0.05) is 31.3 Å². The number of morpholine rings is 1. The first-order valence-corrected chi connectivity index (χ1v) is 9.20. The fourth-order valence-corrected chi connectivity index (χ4v) is 3.16. The first-order chi connectivity index (χ1) is 13.3. The summed E-state index contributed by atoms with van der Waals surface area (Å²) in [5.41, 5.74) is 1.44. The fraction of sp³-hybridized carbons (Fsp3) is 0.474. The minimum absolute atomic E-state index is 0.0532. The number of hydrogen-bond donors (Lipinski definition) is 1. The quantitative estimate of drug-likeness (QED) is 0.735. The summed E-state index contributed by atoms with van der Waals surface area (Å²) >= 11 is 0. The number of amides is 1. The van der Waals surface area contributed by atoms with Crippen molar-refractivity contribution in [2.24, 2.45) is 0 Å². The van der Waals surface area contributed by atoms with Crippen molar-refractivity contribution in [3.8, 4) is 22.8 Å². The Labute approximate surface area is 157 Å². The van der Waals surface area contributed by atoms with Gasteiger partial charge in [-0.05, 0) is 31.2 Å². The van der Waals surface area contributed by atoms with Crippen molar-refractivity contribution >= 4 is 5.91 Å². The average Bonchev–Trinajstić information content (AvgIpc) is 3.34. The molecule has 8 nitrogen and oxygen atoms in total. The maximum Gasteiger partial charge on any atom is 0.231 e. The molecule has 2 aromatic rings. The summed E-state index contributed by atoms with van der Waals surface area (Å²) in [4.78, 5) is 14.5. The lowest BCUT2D eigenvalue weighted by Gasteiger charge is -2.26. The fourth-order valence-electron chi connectivity index (χ4n) is 3.16. The van der Waals surface area contributed by atoms with Crippen molar-refractivity contribution < 1.29 is 23.5 Å². The molecule has 27 heavy (non-hydrogen) atoms. The second-order valence-corrected chi connectivity index (χ2v) is 6.58. The number of fused-ring (bicyclic) bond motifs is 1. The normalized spacial score (nSPS) is 16.4. The second kappa shape index (κ2) is 8.41. The maximum atomic E-state index is 12.1. The Morgan fingerprint density at radius 1 is 1.15 bits per heavy atom. The zero-order valence-corrected chi connectivity index (χ0v) is 15.1. The molecule has 2 aliphatic heterocycles. The lowest BCUT2D eigenvalue weighted by atomic mass is 10.1. The van der Waals surface area contributed by atoms with E-state index < -0.39 is 0 Å².